The molecule has 10 nitrogen and oxygen atoms in total. The first kappa shape index (κ1) is 40.2. The molecule has 280 valence electrons. The summed E-state index contributed by atoms with van der Waals surface area (Å²) in [5.41, 5.74) is 4.32. The molecule has 0 saturated heterocycles. The van der Waals surface area contributed by atoms with E-state index in [4.69, 9.17) is 25.8 Å². The van der Waals surface area contributed by atoms with Crippen molar-refractivity contribution in [1.29, 1.82) is 0 Å². The van der Waals surface area contributed by atoms with Crippen molar-refractivity contribution in [3.8, 4) is 17.2 Å². The molecular weight excluding hydrogens is 840 g/mol. The van der Waals surface area contributed by atoms with Crippen LogP contribution >= 0.6 is 43.5 Å². The number of hydrogen-bond donors (Lipinski definition) is 2. The van der Waals surface area contributed by atoms with E-state index in [1.54, 1.807) is 36.3 Å². The highest BCUT2D eigenvalue weighted by molar-refractivity contribution is 9.11. The van der Waals surface area contributed by atoms with E-state index in [9.17, 15) is 14.4 Å². The highest BCUT2D eigenvalue weighted by Crippen LogP contribution is 2.38. The van der Waals surface area contributed by atoms with Crippen molar-refractivity contribution in [2.45, 2.75) is 31.8 Å². The number of carbonyl (C=O) groups excluding carboxylic acids is 3. The minimum Gasteiger partial charge on any atom is -0.495 e. The Morgan fingerprint density at radius 3 is 1.69 bits per heavy atom. The van der Waals surface area contributed by atoms with E-state index in [0.717, 1.165) is 17.5 Å². The average molecular weight is 879 g/mol. The fourth-order valence-corrected chi connectivity index (χ4v) is 7.16. The van der Waals surface area contributed by atoms with Gasteiger partial charge in [0.05, 0.1) is 49.8 Å². The number of ketones is 1. The zero-order valence-electron chi connectivity index (χ0n) is 30.0. The van der Waals surface area contributed by atoms with Crippen LogP contribution in [0.15, 0.2) is 130 Å². The van der Waals surface area contributed by atoms with Gasteiger partial charge in [0, 0.05) is 46.0 Å². The summed E-state index contributed by atoms with van der Waals surface area (Å²) < 4.78 is 17.1. The molecule has 0 fully saturated rings. The predicted molar refractivity (Wildman–Crippen MR) is 219 cm³/mol. The number of rotatable bonds is 7. The molecule has 54 heavy (non-hydrogen) atoms. The molecule has 2 atom stereocenters. The van der Waals surface area contributed by atoms with Crippen LogP contribution in [0.4, 0.5) is 21.0 Å². The largest absolute Gasteiger partial charge is 0.495 e. The molecule has 4 aromatic carbocycles. The first-order chi connectivity index (χ1) is 26.1. The lowest BCUT2D eigenvalue weighted by molar-refractivity contribution is -0.116. The molecule has 0 saturated carbocycles. The number of methoxy groups -OCH3 is 3. The van der Waals surface area contributed by atoms with Gasteiger partial charge in [-0.05, 0) is 80.1 Å². The number of amides is 4. The van der Waals surface area contributed by atoms with E-state index in [1.807, 2.05) is 79.9 Å². The van der Waals surface area contributed by atoms with E-state index in [2.05, 4.69) is 48.6 Å². The summed E-state index contributed by atoms with van der Waals surface area (Å²) in [4.78, 5) is 41.1. The lowest BCUT2D eigenvalue weighted by Gasteiger charge is -2.33. The van der Waals surface area contributed by atoms with Crippen molar-refractivity contribution in [2.75, 3.05) is 32.0 Å². The standard InChI is InChI=1S/C21H20BrClN2O2.C20H19BrN2O4/c1-3-14-9-10-25(19(11-14)15-7-5-4-6-8-15)21(26)24-18-13-20(27-2)17(23)12-16(18)22;1-26-18-11-15(21)16(12-19(18)27-2)22-20(25)23-9-8-14(24)10-17(23)13-6-4-3-5-7-13/h3-10,12-13,19H,11H2,1-2H3,(H,24,26);3-9,11-12,17H,10H2,1-2H3,(H,22,25)/b14-3+;. The fourth-order valence-electron chi connectivity index (χ4n) is 5.92. The van der Waals surface area contributed by atoms with Crippen LogP contribution in [-0.4, -0.2) is 49.0 Å². The van der Waals surface area contributed by atoms with Gasteiger partial charge in [0.1, 0.15) is 5.75 Å². The Hall–Kier alpha value is -5.04. The average Bonchev–Trinajstić information content (AvgIpc) is 3.20. The Labute approximate surface area is 336 Å². The molecular formula is C41H39Br2ClN4O6. The van der Waals surface area contributed by atoms with Crippen LogP contribution in [0.3, 0.4) is 0 Å². The van der Waals surface area contributed by atoms with E-state index in [0.29, 0.717) is 42.6 Å². The van der Waals surface area contributed by atoms with E-state index in [1.165, 1.54) is 37.0 Å². The number of ether oxygens (including phenoxy) is 3. The number of nitrogens with zero attached hydrogens (tertiary/aromatic N) is 2. The summed E-state index contributed by atoms with van der Waals surface area (Å²) in [6.45, 7) is 2.01. The van der Waals surface area contributed by atoms with Crippen molar-refractivity contribution in [2.24, 2.45) is 0 Å². The smallest absolute Gasteiger partial charge is 0.326 e. The second-order valence-corrected chi connectivity index (χ2v) is 14.2. The molecule has 2 aliphatic rings. The number of anilines is 2. The Balaban J connectivity index is 0.000000208. The molecule has 2 aliphatic heterocycles. The third kappa shape index (κ3) is 9.73. The normalized spacial score (nSPS) is 17.0. The van der Waals surface area contributed by atoms with E-state index < -0.39 is 0 Å². The number of carbonyl (C=O) groups is 3. The molecule has 2 N–H and O–H groups in total. The number of urea groups is 2. The van der Waals surface area contributed by atoms with Crippen LogP contribution in [0.1, 0.15) is 43.0 Å². The van der Waals surface area contributed by atoms with Gasteiger partial charge in [-0.15, -0.1) is 0 Å². The molecule has 0 aliphatic carbocycles. The van der Waals surface area contributed by atoms with Gasteiger partial charge in [-0.3, -0.25) is 14.6 Å². The van der Waals surface area contributed by atoms with Crippen LogP contribution in [-0.2, 0) is 4.79 Å². The Morgan fingerprint density at radius 1 is 0.704 bits per heavy atom. The number of nitrogens with one attached hydrogen (secondary N) is 2. The number of halogens is 3. The number of allylic oxidation sites excluding steroid dienone is 3. The maximum Gasteiger partial charge on any atom is 0.326 e. The minimum atomic E-state index is -0.359. The lowest BCUT2D eigenvalue weighted by Crippen LogP contribution is -2.37. The lowest BCUT2D eigenvalue weighted by atomic mass is 9.95. The van der Waals surface area contributed by atoms with Crippen LogP contribution in [0.2, 0.25) is 5.02 Å². The fraction of sp³-hybridized carbons (Fsp3) is 0.195. The van der Waals surface area contributed by atoms with Gasteiger partial charge in [0.15, 0.2) is 17.3 Å². The Bertz CT molecular complexity index is 2080. The first-order valence-corrected chi connectivity index (χ1v) is 18.8. The quantitative estimate of drug-likeness (QED) is 0.191. The van der Waals surface area contributed by atoms with E-state index >= 15 is 0 Å². The summed E-state index contributed by atoms with van der Waals surface area (Å²) in [5.74, 6) is 1.54. The molecule has 0 bridgehead atoms. The molecule has 2 heterocycles. The molecule has 0 spiro atoms. The second-order valence-electron chi connectivity index (χ2n) is 12.1. The van der Waals surface area contributed by atoms with Crippen molar-refractivity contribution in [1.82, 2.24) is 9.80 Å². The highest BCUT2D eigenvalue weighted by Gasteiger charge is 2.30. The topological polar surface area (TPSA) is 109 Å². The van der Waals surface area contributed by atoms with Gasteiger partial charge in [0.2, 0.25) is 0 Å². The molecule has 0 aromatic heterocycles. The number of hydrogen-bond acceptors (Lipinski definition) is 6. The summed E-state index contributed by atoms with van der Waals surface area (Å²) in [7, 11) is 4.61. The Kier molecular flexibility index (Phi) is 14.0. The maximum absolute atomic E-state index is 13.0. The van der Waals surface area contributed by atoms with Crippen LogP contribution in [0.25, 0.3) is 0 Å². The predicted octanol–water partition coefficient (Wildman–Crippen LogP) is 11.1. The van der Waals surface area contributed by atoms with Gasteiger partial charge in [-0.2, -0.15) is 0 Å². The summed E-state index contributed by atoms with van der Waals surface area (Å²) in [6.07, 6.45) is 9.80. The van der Waals surface area contributed by atoms with Crippen LogP contribution < -0.4 is 24.8 Å². The number of benzene rings is 4. The summed E-state index contributed by atoms with van der Waals surface area (Å²) >= 11 is 13.0. The summed E-state index contributed by atoms with van der Waals surface area (Å²) in [5, 5.41) is 6.28. The Morgan fingerprint density at radius 2 is 1.17 bits per heavy atom. The summed E-state index contributed by atoms with van der Waals surface area (Å²) in [6, 6.07) is 25.3. The molecule has 4 amide bonds. The second kappa shape index (κ2) is 18.8. The SMILES string of the molecule is C/C=C1\C=CN(C(=O)Nc2cc(OC)c(Cl)cc2Br)C(c2ccccc2)C1.COc1cc(Br)c(NC(=O)N2C=CC(=O)CC2c2ccccc2)cc1OC. The molecule has 2 unspecified atom stereocenters. The highest BCUT2D eigenvalue weighted by atomic mass is 79.9. The first-order valence-electron chi connectivity index (χ1n) is 16.8. The van der Waals surface area contributed by atoms with Crippen molar-refractivity contribution in [3.05, 3.63) is 146 Å². The zero-order chi connectivity index (χ0) is 38.8. The van der Waals surface area contributed by atoms with Crippen molar-refractivity contribution >= 4 is 72.7 Å². The third-order valence-electron chi connectivity index (χ3n) is 8.77. The van der Waals surface area contributed by atoms with Crippen molar-refractivity contribution in [3.63, 3.8) is 0 Å². The van der Waals surface area contributed by atoms with Crippen molar-refractivity contribution < 1.29 is 28.6 Å². The van der Waals surface area contributed by atoms with Gasteiger partial charge in [0.25, 0.3) is 0 Å². The molecule has 4 aromatic rings. The molecule has 13 heteroatoms. The van der Waals surface area contributed by atoms with E-state index in [-0.39, 0.29) is 36.3 Å². The third-order valence-corrected chi connectivity index (χ3v) is 10.4. The maximum atomic E-state index is 13.0. The van der Waals surface area contributed by atoms with Gasteiger partial charge in [-0.25, -0.2) is 9.59 Å². The minimum absolute atomic E-state index is 0.0137. The molecule has 0 radical (unpaired) electrons. The van der Waals surface area contributed by atoms with Gasteiger partial charge < -0.3 is 24.8 Å². The van der Waals surface area contributed by atoms with Gasteiger partial charge >= 0.3 is 12.1 Å². The van der Waals surface area contributed by atoms with Crippen LogP contribution in [0, 0.1) is 0 Å². The zero-order valence-corrected chi connectivity index (χ0v) is 33.9. The molecule has 6 rings (SSSR count). The monoisotopic (exact) mass is 876 g/mol. The van der Waals surface area contributed by atoms with Crippen LogP contribution in [0.5, 0.6) is 17.2 Å². The van der Waals surface area contributed by atoms with Gasteiger partial charge in [-0.1, -0.05) is 78.3 Å².